The first kappa shape index (κ1) is 34.4. The van der Waals surface area contributed by atoms with Crippen molar-refractivity contribution in [2.24, 2.45) is 0 Å². The zero-order valence-corrected chi connectivity index (χ0v) is 26.8. The molecule has 3 rings (SSSR count). The second-order valence-corrected chi connectivity index (χ2v) is 12.5. The Hall–Kier alpha value is -2.12. The SMILES string of the molecule is Cc1cc2c(O)c(c1)CNCCCCCCCCCNCc1cc(C)cc(c1O)CNCCCCCCCCCNC2. The number of rotatable bonds is 0. The van der Waals surface area contributed by atoms with E-state index in [4.69, 9.17) is 0 Å². The maximum Gasteiger partial charge on any atom is 0.124 e. The Balaban J connectivity index is 1.43. The van der Waals surface area contributed by atoms with E-state index in [-0.39, 0.29) is 0 Å². The molecule has 1 aliphatic rings. The Kier molecular flexibility index (Phi) is 17.0. The number of aryl methyl sites for hydroxylation is 2. The fraction of sp³-hybridized carbons (Fsp3) is 0.667. The van der Waals surface area contributed by atoms with Crippen LogP contribution in [0.2, 0.25) is 0 Å². The van der Waals surface area contributed by atoms with Gasteiger partial charge in [-0.25, -0.2) is 0 Å². The predicted octanol–water partition coefficient (Wildman–Crippen LogP) is 7.25. The molecule has 0 amide bonds. The standard InChI is InChI=1S/C36H60N4O2/c1-29-21-31-25-37-17-13-9-5-3-7-11-15-19-39-27-33-23-30(2)24-34(36(33)42)28-40-20-16-12-8-4-6-10-14-18-38-26-32(22-29)35(31)41/h21-24,37-42H,3-20,25-28H2,1-2H3. The average molecular weight is 581 g/mol. The monoisotopic (exact) mass is 580 g/mol. The molecule has 1 heterocycles. The van der Waals surface area contributed by atoms with E-state index in [1.807, 2.05) is 0 Å². The van der Waals surface area contributed by atoms with Crippen LogP contribution in [0, 0.1) is 13.8 Å². The lowest BCUT2D eigenvalue weighted by atomic mass is 10.0. The quantitative estimate of drug-likeness (QED) is 0.197. The predicted molar refractivity (Wildman–Crippen MR) is 177 cm³/mol. The number of phenolic OH excluding ortho intramolecular Hbond substituents is 2. The summed E-state index contributed by atoms with van der Waals surface area (Å²) < 4.78 is 0. The van der Waals surface area contributed by atoms with Gasteiger partial charge in [0, 0.05) is 48.4 Å². The van der Waals surface area contributed by atoms with Gasteiger partial charge in [-0.15, -0.1) is 0 Å². The maximum atomic E-state index is 10.8. The van der Waals surface area contributed by atoms with E-state index in [9.17, 15) is 10.2 Å². The summed E-state index contributed by atoms with van der Waals surface area (Å²) in [5.74, 6) is 0.909. The summed E-state index contributed by atoms with van der Waals surface area (Å²) in [6.45, 7) is 11.1. The van der Waals surface area contributed by atoms with Crippen LogP contribution in [0.1, 0.15) is 123 Å². The van der Waals surface area contributed by atoms with Gasteiger partial charge in [-0.3, -0.25) is 0 Å². The van der Waals surface area contributed by atoms with E-state index < -0.39 is 0 Å². The average Bonchev–Trinajstić information content (AvgIpc) is 2.97. The molecule has 1 aliphatic heterocycles. The van der Waals surface area contributed by atoms with Crippen molar-refractivity contribution in [2.45, 2.75) is 130 Å². The molecule has 0 saturated carbocycles. The van der Waals surface area contributed by atoms with Crippen molar-refractivity contribution >= 4 is 0 Å². The number of benzene rings is 2. The summed E-state index contributed by atoms with van der Waals surface area (Å²) in [6, 6.07) is 8.46. The van der Waals surface area contributed by atoms with Crippen LogP contribution < -0.4 is 21.3 Å². The van der Waals surface area contributed by atoms with Gasteiger partial charge in [0.05, 0.1) is 0 Å². The maximum absolute atomic E-state index is 10.8. The molecule has 236 valence electrons. The molecule has 2 aromatic carbocycles. The van der Waals surface area contributed by atoms with Gasteiger partial charge in [-0.1, -0.05) is 99.6 Å². The number of hydrogen-bond acceptors (Lipinski definition) is 6. The molecule has 6 nitrogen and oxygen atoms in total. The van der Waals surface area contributed by atoms with Crippen molar-refractivity contribution in [3.8, 4) is 11.5 Å². The first-order valence-corrected chi connectivity index (χ1v) is 17.0. The minimum atomic E-state index is 0.454. The molecule has 0 unspecified atom stereocenters. The molecule has 0 fully saturated rings. The summed E-state index contributed by atoms with van der Waals surface area (Å²) in [6.07, 6.45) is 17.5. The van der Waals surface area contributed by atoms with Crippen LogP contribution in [0.15, 0.2) is 24.3 Å². The molecule has 0 spiro atoms. The van der Waals surface area contributed by atoms with Gasteiger partial charge in [0.2, 0.25) is 0 Å². The lowest BCUT2D eigenvalue weighted by molar-refractivity contribution is 0.451. The molecule has 6 N–H and O–H groups in total. The van der Waals surface area contributed by atoms with E-state index in [1.165, 1.54) is 101 Å². The van der Waals surface area contributed by atoms with Crippen molar-refractivity contribution in [2.75, 3.05) is 26.2 Å². The summed E-state index contributed by atoms with van der Waals surface area (Å²) in [7, 11) is 0. The summed E-state index contributed by atoms with van der Waals surface area (Å²) in [5, 5.41) is 35.9. The summed E-state index contributed by atoms with van der Waals surface area (Å²) >= 11 is 0. The number of hydrogen-bond donors (Lipinski definition) is 6. The fourth-order valence-corrected chi connectivity index (χ4v) is 6.07. The molecule has 42 heavy (non-hydrogen) atoms. The highest BCUT2D eigenvalue weighted by Crippen LogP contribution is 2.26. The molecule has 0 radical (unpaired) electrons. The zero-order chi connectivity index (χ0) is 29.8. The summed E-state index contributed by atoms with van der Waals surface area (Å²) in [5.41, 5.74) is 6.48. The van der Waals surface area contributed by atoms with Gasteiger partial charge < -0.3 is 31.5 Å². The fourth-order valence-electron chi connectivity index (χ4n) is 6.07. The topological polar surface area (TPSA) is 88.6 Å². The Labute approximate surface area is 256 Å². The van der Waals surface area contributed by atoms with Gasteiger partial charge in [0.15, 0.2) is 0 Å². The van der Waals surface area contributed by atoms with Crippen LogP contribution in [0.3, 0.4) is 0 Å². The van der Waals surface area contributed by atoms with Crippen LogP contribution in [-0.2, 0) is 26.2 Å². The largest absolute Gasteiger partial charge is 0.507 e. The lowest BCUT2D eigenvalue weighted by Gasteiger charge is -2.14. The number of nitrogens with one attached hydrogen (secondary N) is 4. The molecular weight excluding hydrogens is 520 g/mol. The summed E-state index contributed by atoms with van der Waals surface area (Å²) in [4.78, 5) is 0. The van der Waals surface area contributed by atoms with Crippen molar-refractivity contribution < 1.29 is 10.2 Å². The van der Waals surface area contributed by atoms with E-state index >= 15 is 0 Å². The van der Waals surface area contributed by atoms with E-state index in [0.29, 0.717) is 11.5 Å². The van der Waals surface area contributed by atoms with Gasteiger partial charge in [0.25, 0.3) is 0 Å². The highest BCUT2D eigenvalue weighted by molar-refractivity contribution is 5.44. The van der Waals surface area contributed by atoms with Crippen molar-refractivity contribution in [3.63, 3.8) is 0 Å². The van der Waals surface area contributed by atoms with E-state index in [1.54, 1.807) is 0 Å². The smallest absolute Gasteiger partial charge is 0.124 e. The Morgan fingerprint density at radius 3 is 0.833 bits per heavy atom. The zero-order valence-electron chi connectivity index (χ0n) is 26.8. The van der Waals surface area contributed by atoms with E-state index in [2.05, 4.69) is 59.4 Å². The Bertz CT molecular complexity index is 874. The van der Waals surface area contributed by atoms with Gasteiger partial charge >= 0.3 is 0 Å². The molecule has 0 saturated heterocycles. The lowest BCUT2D eigenvalue weighted by Crippen LogP contribution is -2.17. The molecule has 0 aromatic heterocycles. The van der Waals surface area contributed by atoms with Crippen molar-refractivity contribution in [1.29, 1.82) is 0 Å². The van der Waals surface area contributed by atoms with Crippen molar-refractivity contribution in [3.05, 3.63) is 57.6 Å². The van der Waals surface area contributed by atoms with Crippen LogP contribution in [0.5, 0.6) is 11.5 Å². The number of phenols is 2. The number of fused-ring (bicyclic) bond motifs is 4. The highest BCUT2D eigenvalue weighted by Gasteiger charge is 2.10. The third kappa shape index (κ3) is 13.5. The van der Waals surface area contributed by atoms with Crippen LogP contribution in [0.25, 0.3) is 0 Å². The van der Waals surface area contributed by atoms with Gasteiger partial charge in [-0.2, -0.15) is 0 Å². The second kappa shape index (κ2) is 20.7. The van der Waals surface area contributed by atoms with Crippen LogP contribution in [0.4, 0.5) is 0 Å². The molecule has 6 heteroatoms. The first-order chi connectivity index (χ1) is 20.5. The number of aromatic hydroxyl groups is 2. The van der Waals surface area contributed by atoms with Gasteiger partial charge in [0.1, 0.15) is 11.5 Å². The van der Waals surface area contributed by atoms with E-state index in [0.717, 1.165) is 74.6 Å². The minimum absolute atomic E-state index is 0.454. The third-order valence-electron chi connectivity index (χ3n) is 8.50. The molecule has 0 aliphatic carbocycles. The highest BCUT2D eigenvalue weighted by atomic mass is 16.3. The Morgan fingerprint density at radius 2 is 0.595 bits per heavy atom. The second-order valence-electron chi connectivity index (χ2n) is 12.5. The molecule has 4 bridgehead atoms. The normalized spacial score (nSPS) is 19.3. The van der Waals surface area contributed by atoms with Crippen LogP contribution in [-0.4, -0.2) is 36.4 Å². The molecule has 2 aromatic rings. The van der Waals surface area contributed by atoms with Crippen LogP contribution >= 0.6 is 0 Å². The molecular formula is C36H60N4O2. The molecule has 0 atom stereocenters. The minimum Gasteiger partial charge on any atom is -0.507 e. The first-order valence-electron chi connectivity index (χ1n) is 17.0. The van der Waals surface area contributed by atoms with Crippen molar-refractivity contribution in [1.82, 2.24) is 21.3 Å². The van der Waals surface area contributed by atoms with Gasteiger partial charge in [-0.05, 0) is 65.7 Å². The Morgan fingerprint density at radius 1 is 0.381 bits per heavy atom. The third-order valence-corrected chi connectivity index (χ3v) is 8.50.